The molecule has 3 aromatic heterocycles. The summed E-state index contributed by atoms with van der Waals surface area (Å²) >= 11 is 0. The van der Waals surface area contributed by atoms with Crippen LogP contribution in [0.15, 0.2) is 79.1 Å². The molecule has 0 unspecified atom stereocenters. The summed E-state index contributed by atoms with van der Waals surface area (Å²) in [6.07, 6.45) is 3.42. The van der Waals surface area contributed by atoms with Gasteiger partial charge in [0.05, 0.1) is 7.11 Å². The number of hydrogen-bond donors (Lipinski definition) is 2. The fraction of sp³-hybridized carbons (Fsp3) is 0.0800. The molecule has 0 fully saturated rings. The van der Waals surface area contributed by atoms with E-state index < -0.39 is 0 Å². The maximum absolute atomic E-state index is 12.6. The smallest absolute Gasteiger partial charge is 0.255 e. The first-order valence-corrected chi connectivity index (χ1v) is 10.6. The van der Waals surface area contributed by atoms with E-state index in [1.807, 2.05) is 37.3 Å². The molecule has 5 rings (SSSR count). The van der Waals surface area contributed by atoms with Gasteiger partial charge in [-0.15, -0.1) is 5.10 Å². The molecule has 0 aliphatic heterocycles. The number of hydrogen-bond acceptors (Lipinski definition) is 7. The van der Waals surface area contributed by atoms with Gasteiger partial charge < -0.3 is 15.4 Å². The van der Waals surface area contributed by atoms with Crippen molar-refractivity contribution in [2.45, 2.75) is 6.92 Å². The number of benzene rings is 2. The van der Waals surface area contributed by atoms with E-state index >= 15 is 0 Å². The van der Waals surface area contributed by atoms with Crippen LogP contribution < -0.4 is 15.4 Å². The van der Waals surface area contributed by atoms with Crippen molar-refractivity contribution < 1.29 is 9.53 Å². The van der Waals surface area contributed by atoms with Gasteiger partial charge >= 0.3 is 0 Å². The van der Waals surface area contributed by atoms with E-state index in [0.29, 0.717) is 28.7 Å². The predicted molar refractivity (Wildman–Crippen MR) is 129 cm³/mol. The average molecular weight is 451 g/mol. The number of aryl methyl sites for hydroxylation is 1. The van der Waals surface area contributed by atoms with Crippen LogP contribution in [0.3, 0.4) is 0 Å². The van der Waals surface area contributed by atoms with Crippen molar-refractivity contribution in [3.05, 3.63) is 90.4 Å². The lowest BCUT2D eigenvalue weighted by Gasteiger charge is -2.10. The van der Waals surface area contributed by atoms with Gasteiger partial charge in [0.2, 0.25) is 0 Å². The monoisotopic (exact) mass is 451 g/mol. The molecule has 0 atom stereocenters. The number of pyridine rings is 1. The van der Waals surface area contributed by atoms with Crippen LogP contribution in [0.5, 0.6) is 5.75 Å². The van der Waals surface area contributed by atoms with Gasteiger partial charge in [0.25, 0.3) is 11.7 Å². The third-order valence-electron chi connectivity index (χ3n) is 5.13. The van der Waals surface area contributed by atoms with Crippen LogP contribution in [0.2, 0.25) is 0 Å². The number of nitrogens with zero attached hydrogens (tertiary/aromatic N) is 5. The quantitative estimate of drug-likeness (QED) is 0.391. The Morgan fingerprint density at radius 1 is 0.971 bits per heavy atom. The van der Waals surface area contributed by atoms with Crippen molar-refractivity contribution in [2.75, 3.05) is 17.7 Å². The summed E-state index contributed by atoms with van der Waals surface area (Å²) in [6.45, 7) is 1.90. The molecule has 0 bridgehead atoms. The second-order valence-corrected chi connectivity index (χ2v) is 7.56. The van der Waals surface area contributed by atoms with E-state index in [2.05, 4.69) is 30.7 Å². The Morgan fingerprint density at radius 3 is 2.44 bits per heavy atom. The molecule has 0 radical (unpaired) electrons. The summed E-state index contributed by atoms with van der Waals surface area (Å²) in [5, 5.41) is 10.8. The molecule has 34 heavy (non-hydrogen) atoms. The number of nitrogens with one attached hydrogen (secondary N) is 2. The summed E-state index contributed by atoms with van der Waals surface area (Å²) in [6, 6.07) is 20.0. The molecule has 9 nitrogen and oxygen atoms in total. The highest BCUT2D eigenvalue weighted by Gasteiger charge is 2.12. The number of carbonyl (C=O) groups is 1. The highest BCUT2D eigenvalue weighted by molar-refractivity contribution is 6.04. The third-order valence-corrected chi connectivity index (χ3v) is 5.13. The second-order valence-electron chi connectivity index (χ2n) is 7.56. The first kappa shape index (κ1) is 21.1. The van der Waals surface area contributed by atoms with Gasteiger partial charge in [-0.1, -0.05) is 0 Å². The number of methoxy groups -OCH3 is 1. The van der Waals surface area contributed by atoms with Crippen LogP contribution in [0.4, 0.5) is 17.2 Å². The van der Waals surface area contributed by atoms with E-state index in [-0.39, 0.29) is 5.91 Å². The molecule has 2 N–H and O–H groups in total. The molecule has 2 aromatic carbocycles. The van der Waals surface area contributed by atoms with Crippen molar-refractivity contribution >= 4 is 28.9 Å². The fourth-order valence-corrected chi connectivity index (χ4v) is 3.42. The lowest BCUT2D eigenvalue weighted by Crippen LogP contribution is -2.11. The van der Waals surface area contributed by atoms with Gasteiger partial charge in [-0.2, -0.15) is 9.50 Å². The number of fused-ring (bicyclic) bond motifs is 1. The third kappa shape index (κ3) is 4.40. The zero-order valence-corrected chi connectivity index (χ0v) is 18.6. The molecule has 0 spiro atoms. The van der Waals surface area contributed by atoms with Crippen molar-refractivity contribution in [1.82, 2.24) is 24.6 Å². The van der Waals surface area contributed by atoms with Crippen LogP contribution in [0.25, 0.3) is 17.2 Å². The van der Waals surface area contributed by atoms with Gasteiger partial charge in [-0.05, 0) is 67.6 Å². The maximum atomic E-state index is 12.6. The topological polar surface area (TPSA) is 106 Å². The molecule has 1 amide bonds. The molecule has 5 aromatic rings. The SMILES string of the molecule is COc1ccc(NC(=O)c2ccc(Nc3cc(C)nc4nc(-c5cccnc5)nn34)cc2)cc1. The molecule has 9 heteroatoms. The number of amides is 1. The lowest BCUT2D eigenvalue weighted by molar-refractivity contribution is 0.102. The Kier molecular flexibility index (Phi) is 5.57. The molecule has 3 heterocycles. The van der Waals surface area contributed by atoms with Crippen LogP contribution in [-0.4, -0.2) is 37.6 Å². The van der Waals surface area contributed by atoms with Crippen molar-refractivity contribution in [1.29, 1.82) is 0 Å². The number of anilines is 3. The first-order chi connectivity index (χ1) is 16.6. The van der Waals surface area contributed by atoms with Crippen LogP contribution in [-0.2, 0) is 0 Å². The molecule has 0 saturated carbocycles. The highest BCUT2D eigenvalue weighted by Crippen LogP contribution is 2.22. The minimum atomic E-state index is -0.198. The van der Waals surface area contributed by atoms with Crippen LogP contribution in [0.1, 0.15) is 16.1 Å². The summed E-state index contributed by atoms with van der Waals surface area (Å²) < 4.78 is 6.79. The zero-order chi connectivity index (χ0) is 23.5. The number of rotatable bonds is 6. The Labute approximate surface area is 195 Å². The summed E-state index contributed by atoms with van der Waals surface area (Å²) in [5.41, 5.74) is 3.64. The summed E-state index contributed by atoms with van der Waals surface area (Å²) in [7, 11) is 1.60. The average Bonchev–Trinajstić information content (AvgIpc) is 3.30. The first-order valence-electron chi connectivity index (χ1n) is 10.6. The Morgan fingerprint density at radius 2 is 1.74 bits per heavy atom. The Hall–Kier alpha value is -4.79. The van der Waals surface area contributed by atoms with E-state index in [0.717, 1.165) is 22.7 Å². The van der Waals surface area contributed by atoms with E-state index in [1.165, 1.54) is 0 Å². The van der Waals surface area contributed by atoms with Crippen LogP contribution in [0, 0.1) is 6.92 Å². The summed E-state index contributed by atoms with van der Waals surface area (Å²) in [5.74, 6) is 2.27. The van der Waals surface area contributed by atoms with Gasteiger partial charge in [0.1, 0.15) is 11.6 Å². The van der Waals surface area contributed by atoms with Gasteiger partial charge in [0, 0.05) is 46.7 Å². The molecule has 168 valence electrons. The molecule has 0 aliphatic rings. The molecule has 0 saturated heterocycles. The number of ether oxygens (including phenoxy) is 1. The van der Waals surface area contributed by atoms with Crippen molar-refractivity contribution in [3.8, 4) is 17.1 Å². The maximum Gasteiger partial charge on any atom is 0.255 e. The normalized spacial score (nSPS) is 10.8. The predicted octanol–water partition coefficient (Wildman–Crippen LogP) is 4.50. The number of aromatic nitrogens is 5. The standard InChI is InChI=1S/C25H21N7O2/c1-16-14-22(32-25(27-16)30-23(31-32)18-4-3-13-26-15-18)28-19-7-5-17(6-8-19)24(33)29-20-9-11-21(34-2)12-10-20/h3-15,28H,1-2H3,(H,29,33). The van der Waals surface area contributed by atoms with E-state index in [4.69, 9.17) is 4.74 Å². The largest absolute Gasteiger partial charge is 0.497 e. The van der Waals surface area contributed by atoms with Gasteiger partial charge in [-0.3, -0.25) is 9.78 Å². The Balaban J connectivity index is 1.35. The van der Waals surface area contributed by atoms with E-state index in [9.17, 15) is 4.79 Å². The summed E-state index contributed by atoms with van der Waals surface area (Å²) in [4.78, 5) is 25.7. The molecular weight excluding hydrogens is 430 g/mol. The van der Waals surface area contributed by atoms with E-state index in [1.54, 1.807) is 60.4 Å². The highest BCUT2D eigenvalue weighted by atomic mass is 16.5. The van der Waals surface area contributed by atoms with Gasteiger partial charge in [-0.25, -0.2) is 4.98 Å². The number of carbonyl (C=O) groups excluding carboxylic acids is 1. The molecular formula is C25H21N7O2. The lowest BCUT2D eigenvalue weighted by atomic mass is 10.2. The zero-order valence-electron chi connectivity index (χ0n) is 18.6. The van der Waals surface area contributed by atoms with Crippen molar-refractivity contribution in [2.24, 2.45) is 0 Å². The van der Waals surface area contributed by atoms with Crippen LogP contribution >= 0.6 is 0 Å². The minimum Gasteiger partial charge on any atom is -0.497 e. The fourth-order valence-electron chi connectivity index (χ4n) is 3.42. The Bertz CT molecular complexity index is 1450. The molecule has 0 aliphatic carbocycles. The minimum absolute atomic E-state index is 0.198. The van der Waals surface area contributed by atoms with Gasteiger partial charge in [0.15, 0.2) is 5.82 Å². The second kappa shape index (κ2) is 8.99. The van der Waals surface area contributed by atoms with Crippen molar-refractivity contribution in [3.63, 3.8) is 0 Å².